The molecule has 0 saturated carbocycles. The molecule has 19 heteroatoms. The molecule has 2 aromatic heterocycles. The largest absolute Gasteiger partial charge is 0.372 e. The molecule has 2 unspecified atom stereocenters. The molecule has 300 valence electrons. The molecule has 1 amide bonds. The van der Waals surface area contributed by atoms with Crippen LogP contribution < -0.4 is 20.5 Å². The number of hydrogen-bond acceptors (Lipinski definition) is 10. The van der Waals surface area contributed by atoms with Gasteiger partial charge in [-0.3, -0.25) is 14.2 Å². The second kappa shape index (κ2) is 16.8. The lowest BCUT2D eigenvalue weighted by Gasteiger charge is -2.19. The van der Waals surface area contributed by atoms with E-state index in [9.17, 15) is 21.6 Å². The maximum absolute atomic E-state index is 12.9. The topological polar surface area (TPSA) is 204 Å². The molecule has 2 aliphatic heterocycles. The van der Waals surface area contributed by atoms with E-state index < -0.39 is 26.1 Å². The summed E-state index contributed by atoms with van der Waals surface area (Å²) in [6.07, 6.45) is 9.07. The number of sulfonamides is 2. The first kappa shape index (κ1) is 43.1. The highest BCUT2D eigenvalue weighted by Gasteiger charge is 2.29. The summed E-state index contributed by atoms with van der Waals surface area (Å²) in [6.45, 7) is 13.8. The van der Waals surface area contributed by atoms with Crippen molar-refractivity contribution in [1.29, 1.82) is 0 Å². The molecule has 0 bridgehead atoms. The third kappa shape index (κ3) is 11.1. The Kier molecular flexibility index (Phi) is 12.7. The number of hydrogen-bond donors (Lipinski definition) is 4. The van der Waals surface area contributed by atoms with Crippen molar-refractivity contribution in [3.63, 3.8) is 0 Å². The number of nitrogens with two attached hydrogens (primary N) is 1. The number of benzene rings is 2. The van der Waals surface area contributed by atoms with Gasteiger partial charge in [-0.2, -0.15) is 0 Å². The molecule has 0 spiro atoms. The SMILES string of the molecule is CC(=O)NC1C=N[N+](c2ncc(Cl)cc2NS(=O)(=O)c2ccc(C(C)(C)C)cc2)=C1.CC(C)(C)c1ccc(S(=O)(=O)Nc2cc(Cl)cnc2[N+]2=CC(N)C=N2)cc1. The Morgan fingerprint density at radius 2 is 1.09 bits per heavy atom. The number of aromatic nitrogens is 2. The van der Waals surface area contributed by atoms with E-state index in [0.29, 0.717) is 10.8 Å². The average Bonchev–Trinajstić information content (AvgIpc) is 3.76. The molecular weight excluding hydrogens is 812 g/mol. The van der Waals surface area contributed by atoms with Crippen molar-refractivity contribution in [2.75, 3.05) is 9.44 Å². The van der Waals surface area contributed by atoms with Gasteiger partial charge in [0.05, 0.1) is 32.3 Å². The molecule has 0 radical (unpaired) electrons. The number of anilines is 2. The fourth-order valence-electron chi connectivity index (χ4n) is 5.38. The van der Waals surface area contributed by atoms with Crippen LogP contribution in [0.4, 0.5) is 23.0 Å². The van der Waals surface area contributed by atoms with Crippen molar-refractivity contribution >= 4 is 97.0 Å². The molecule has 5 N–H and O–H groups in total. The van der Waals surface area contributed by atoms with Crippen molar-refractivity contribution in [2.24, 2.45) is 15.9 Å². The van der Waals surface area contributed by atoms with Crippen molar-refractivity contribution in [2.45, 2.75) is 81.2 Å². The number of nitrogens with one attached hydrogen (secondary N) is 3. The monoisotopic (exact) mass is 854 g/mol. The Balaban J connectivity index is 0.000000219. The predicted octanol–water partition coefficient (Wildman–Crippen LogP) is 5.93. The molecule has 0 aliphatic carbocycles. The minimum Gasteiger partial charge on any atom is -0.341 e. The van der Waals surface area contributed by atoms with Crippen molar-refractivity contribution in [3.05, 3.63) is 94.2 Å². The van der Waals surface area contributed by atoms with Gasteiger partial charge in [0, 0.05) is 6.92 Å². The van der Waals surface area contributed by atoms with Crippen LogP contribution >= 0.6 is 23.2 Å². The smallest absolute Gasteiger partial charge is 0.341 e. The van der Waals surface area contributed by atoms with Crippen molar-refractivity contribution in [3.8, 4) is 0 Å². The Bertz CT molecular complexity index is 2510. The fraction of sp³-hybridized carbons (Fsp3) is 0.289. The number of pyridine rings is 2. The number of halogens is 2. The second-order valence-corrected chi connectivity index (χ2v) is 19.4. The summed E-state index contributed by atoms with van der Waals surface area (Å²) in [6, 6.07) is 15.6. The first-order valence-corrected chi connectivity index (χ1v) is 21.2. The summed E-state index contributed by atoms with van der Waals surface area (Å²) in [5.74, 6) is 0.310. The Hall–Kier alpha value is -5.07. The van der Waals surface area contributed by atoms with Gasteiger partial charge in [0.1, 0.15) is 35.9 Å². The fourth-order valence-corrected chi connectivity index (χ4v) is 7.80. The van der Waals surface area contributed by atoms with E-state index in [1.54, 1.807) is 48.8 Å². The maximum Gasteiger partial charge on any atom is 0.372 e. The molecular formula is C38H44Cl2N10O5S2+2. The van der Waals surface area contributed by atoms with E-state index in [-0.39, 0.29) is 54.8 Å². The van der Waals surface area contributed by atoms with E-state index >= 15 is 0 Å². The number of rotatable bonds is 9. The molecule has 2 aliphatic rings. The van der Waals surface area contributed by atoms with Crippen LogP contribution in [0, 0.1) is 0 Å². The third-order valence-corrected chi connectivity index (χ3v) is 11.5. The molecule has 4 aromatic rings. The van der Waals surface area contributed by atoms with Gasteiger partial charge in [-0.25, -0.2) is 16.8 Å². The van der Waals surface area contributed by atoms with E-state index in [1.807, 2.05) is 12.1 Å². The summed E-state index contributed by atoms with van der Waals surface area (Å²) < 4.78 is 59.4. The highest BCUT2D eigenvalue weighted by molar-refractivity contribution is 7.93. The molecule has 2 aromatic carbocycles. The van der Waals surface area contributed by atoms with Crippen LogP contribution in [-0.4, -0.2) is 79.0 Å². The van der Waals surface area contributed by atoms with Gasteiger partial charge in [0.2, 0.25) is 5.91 Å². The molecule has 0 saturated heterocycles. The summed E-state index contributed by atoms with van der Waals surface area (Å²) in [5, 5.41) is 11.5. The van der Waals surface area contributed by atoms with E-state index in [4.69, 9.17) is 28.9 Å². The number of carbonyl (C=O) groups is 1. The van der Waals surface area contributed by atoms with Crippen LogP contribution in [0.2, 0.25) is 10.0 Å². The Labute approximate surface area is 342 Å². The third-order valence-electron chi connectivity index (χ3n) is 8.35. The summed E-state index contributed by atoms with van der Waals surface area (Å²) >= 11 is 12.1. The van der Waals surface area contributed by atoms with Gasteiger partial charge < -0.3 is 11.1 Å². The molecule has 0 fully saturated rings. The standard InChI is InChI=1S/C20H22ClN5O3S.C18H21ClN5O2S/c1-13(27)24-16-11-23-26(12-16)19-18(9-15(21)10-22-19)25-30(28,29)17-7-5-14(6-8-17)20(2,3)4;1-18(2,3)12-4-6-15(7-5-12)27(25,26)23-16-8-13(19)9-21-17(16)24-11-14(20)10-22-24/h5-12,16,25H,1-4H3;4-11,14,23H,20H2,1-3H3/q;+1/p+1. The van der Waals surface area contributed by atoms with E-state index in [1.165, 1.54) is 53.2 Å². The van der Waals surface area contributed by atoms with Gasteiger partial charge in [-0.1, -0.05) is 99.2 Å². The molecule has 6 rings (SSSR count). The van der Waals surface area contributed by atoms with Gasteiger partial charge in [0.15, 0.2) is 12.4 Å². The van der Waals surface area contributed by atoms with E-state index in [2.05, 4.69) is 76.5 Å². The van der Waals surface area contributed by atoms with Gasteiger partial charge in [-0.15, -0.1) is 9.37 Å². The first-order chi connectivity index (χ1) is 26.5. The zero-order valence-corrected chi connectivity index (χ0v) is 35.4. The minimum atomic E-state index is -3.89. The summed E-state index contributed by atoms with van der Waals surface area (Å²) in [5.41, 5.74) is 8.06. The lowest BCUT2D eigenvalue weighted by molar-refractivity contribution is -0.440. The highest BCUT2D eigenvalue weighted by atomic mass is 35.5. The van der Waals surface area contributed by atoms with Gasteiger partial charge in [0.25, 0.3) is 20.0 Å². The lowest BCUT2D eigenvalue weighted by atomic mass is 9.87. The Morgan fingerprint density at radius 3 is 1.46 bits per heavy atom. The number of nitrogens with zero attached hydrogens (tertiary/aromatic N) is 6. The van der Waals surface area contributed by atoms with Crippen LogP contribution in [0.3, 0.4) is 0 Å². The lowest BCUT2D eigenvalue weighted by Crippen LogP contribution is -2.34. The predicted molar refractivity (Wildman–Crippen MR) is 225 cm³/mol. The number of hydrazone groups is 2. The zero-order valence-electron chi connectivity index (χ0n) is 32.3. The second-order valence-electron chi connectivity index (χ2n) is 15.1. The van der Waals surface area contributed by atoms with Crippen LogP contribution in [0.1, 0.15) is 59.6 Å². The molecule has 57 heavy (non-hydrogen) atoms. The first-order valence-electron chi connectivity index (χ1n) is 17.5. The van der Waals surface area contributed by atoms with Crippen molar-refractivity contribution in [1.82, 2.24) is 15.3 Å². The van der Waals surface area contributed by atoms with Gasteiger partial charge in [-0.05, 0) is 68.3 Å². The zero-order chi connectivity index (χ0) is 41.9. The van der Waals surface area contributed by atoms with E-state index in [0.717, 1.165) is 11.1 Å². The molecule has 4 heterocycles. The normalized spacial score (nSPS) is 16.7. The number of carbonyl (C=O) groups excluding carboxylic acids is 1. The molecule has 15 nitrogen and oxygen atoms in total. The van der Waals surface area contributed by atoms with Gasteiger partial charge >= 0.3 is 11.6 Å². The Morgan fingerprint density at radius 1 is 0.684 bits per heavy atom. The van der Waals surface area contributed by atoms with Crippen molar-refractivity contribution < 1.29 is 31.0 Å². The summed E-state index contributed by atoms with van der Waals surface area (Å²) in [7, 11) is -7.72. The van der Waals surface area contributed by atoms with Crippen LogP contribution in [0.5, 0.6) is 0 Å². The van der Waals surface area contributed by atoms with Crippen LogP contribution in [0.15, 0.2) is 93.1 Å². The average molecular weight is 856 g/mol. The minimum absolute atomic E-state index is 0.0673. The maximum atomic E-state index is 12.9. The highest BCUT2D eigenvalue weighted by Crippen LogP contribution is 2.31. The quantitative estimate of drug-likeness (QED) is 0.148. The molecule has 2 atom stereocenters. The van der Waals surface area contributed by atoms with Crippen LogP contribution in [-0.2, 0) is 35.7 Å². The summed E-state index contributed by atoms with van der Waals surface area (Å²) in [4.78, 5) is 19.9. The van der Waals surface area contributed by atoms with Crippen LogP contribution in [0.25, 0.3) is 0 Å². The number of amides is 1.